The fourth-order valence-electron chi connectivity index (χ4n) is 2.12. The largest absolute Gasteiger partial charge is 0.466 e. The highest BCUT2D eigenvalue weighted by Crippen LogP contribution is 2.12. The lowest BCUT2D eigenvalue weighted by Gasteiger charge is -2.08. The van der Waals surface area contributed by atoms with Crippen LogP contribution in [0.25, 0.3) is 0 Å². The van der Waals surface area contributed by atoms with Gasteiger partial charge in [0.25, 0.3) is 5.91 Å². The molecule has 0 saturated heterocycles. The summed E-state index contributed by atoms with van der Waals surface area (Å²) in [5, 5.41) is 8.24. The summed E-state index contributed by atoms with van der Waals surface area (Å²) < 4.78 is 21.1. The van der Waals surface area contributed by atoms with Crippen molar-refractivity contribution < 1.29 is 28.5 Å². The second-order valence-electron chi connectivity index (χ2n) is 6.06. The minimum atomic E-state index is -0.230. The Labute approximate surface area is 176 Å². The standard InChI is InChI=1S/C20H32N2O6S/c1-2-3-10-28-19(23)8-11-25-13-15-27-16-14-26-12-9-22-20(24)17-4-6-18(29-21)7-5-17/h4-7H,2-3,8-16,21H2,1H3,(H,22,24). The van der Waals surface area contributed by atoms with E-state index >= 15 is 0 Å². The van der Waals surface area contributed by atoms with Crippen molar-refractivity contribution in [3.8, 4) is 0 Å². The Bertz CT molecular complexity index is 571. The van der Waals surface area contributed by atoms with Crippen LogP contribution in [0.1, 0.15) is 36.5 Å². The number of carbonyl (C=O) groups excluding carboxylic acids is 2. The minimum absolute atomic E-state index is 0.148. The predicted octanol–water partition coefficient (Wildman–Crippen LogP) is 2.17. The van der Waals surface area contributed by atoms with Crippen LogP contribution in [-0.2, 0) is 23.7 Å². The number of hydrogen-bond acceptors (Lipinski definition) is 8. The molecular weight excluding hydrogens is 396 g/mol. The molecule has 0 aromatic heterocycles. The van der Waals surface area contributed by atoms with Crippen molar-refractivity contribution in [1.29, 1.82) is 0 Å². The quantitative estimate of drug-likeness (QED) is 0.221. The molecule has 0 aliphatic carbocycles. The van der Waals surface area contributed by atoms with Gasteiger partial charge in [-0.05, 0) is 42.6 Å². The number of ether oxygens (including phenoxy) is 4. The topological polar surface area (TPSA) is 109 Å². The number of benzene rings is 1. The number of unbranched alkanes of at least 4 members (excludes halogenated alkanes) is 1. The van der Waals surface area contributed by atoms with Crippen molar-refractivity contribution in [3.63, 3.8) is 0 Å². The lowest BCUT2D eigenvalue weighted by molar-refractivity contribution is -0.145. The molecule has 0 atom stereocenters. The maximum absolute atomic E-state index is 11.9. The highest BCUT2D eigenvalue weighted by molar-refractivity contribution is 7.97. The van der Waals surface area contributed by atoms with E-state index in [2.05, 4.69) is 5.32 Å². The van der Waals surface area contributed by atoms with E-state index in [0.29, 0.717) is 58.4 Å². The van der Waals surface area contributed by atoms with Gasteiger partial charge in [0.2, 0.25) is 0 Å². The van der Waals surface area contributed by atoms with Gasteiger partial charge in [-0.25, -0.2) is 0 Å². The lowest BCUT2D eigenvalue weighted by Crippen LogP contribution is -2.27. The van der Waals surface area contributed by atoms with Gasteiger partial charge < -0.3 is 24.3 Å². The van der Waals surface area contributed by atoms with Crippen molar-refractivity contribution in [2.24, 2.45) is 5.14 Å². The van der Waals surface area contributed by atoms with Crippen molar-refractivity contribution in [2.45, 2.75) is 31.1 Å². The molecule has 0 bridgehead atoms. The maximum Gasteiger partial charge on any atom is 0.308 e. The Morgan fingerprint density at radius 2 is 1.55 bits per heavy atom. The number of hydrogen-bond donors (Lipinski definition) is 2. The molecule has 0 unspecified atom stereocenters. The van der Waals surface area contributed by atoms with Gasteiger partial charge in [0.15, 0.2) is 0 Å². The number of amides is 1. The highest BCUT2D eigenvalue weighted by Gasteiger charge is 2.04. The first-order valence-electron chi connectivity index (χ1n) is 9.81. The average molecular weight is 429 g/mol. The zero-order valence-corrected chi connectivity index (χ0v) is 17.8. The van der Waals surface area contributed by atoms with E-state index in [1.165, 1.54) is 0 Å². The van der Waals surface area contributed by atoms with E-state index in [1.54, 1.807) is 24.3 Å². The summed E-state index contributed by atoms with van der Waals surface area (Å²) in [7, 11) is 0. The zero-order valence-electron chi connectivity index (χ0n) is 17.0. The molecule has 1 aromatic carbocycles. The molecule has 0 aliphatic heterocycles. The van der Waals surface area contributed by atoms with Crippen molar-refractivity contribution in [1.82, 2.24) is 5.32 Å². The number of esters is 1. The molecule has 0 aliphatic rings. The molecular formula is C20H32N2O6S. The first-order valence-corrected chi connectivity index (χ1v) is 10.7. The van der Waals surface area contributed by atoms with Crippen LogP contribution in [0.15, 0.2) is 29.2 Å². The monoisotopic (exact) mass is 428 g/mol. The van der Waals surface area contributed by atoms with Crippen LogP contribution < -0.4 is 10.5 Å². The van der Waals surface area contributed by atoms with E-state index in [1.807, 2.05) is 6.92 Å². The average Bonchev–Trinajstić information content (AvgIpc) is 2.74. The van der Waals surface area contributed by atoms with Crippen molar-refractivity contribution in [2.75, 3.05) is 52.8 Å². The molecule has 0 fully saturated rings. The SMILES string of the molecule is CCCCOC(=O)CCOCCOCCOCCNC(=O)c1ccc(SN)cc1. The highest BCUT2D eigenvalue weighted by atomic mass is 32.2. The third-order valence-electron chi connectivity index (χ3n) is 3.74. The summed E-state index contributed by atoms with van der Waals surface area (Å²) in [5.74, 6) is -0.378. The summed E-state index contributed by atoms with van der Waals surface area (Å²) in [5.41, 5.74) is 0.584. The van der Waals surface area contributed by atoms with E-state index in [-0.39, 0.29) is 18.3 Å². The van der Waals surface area contributed by atoms with Gasteiger partial charge >= 0.3 is 5.97 Å². The first-order chi connectivity index (χ1) is 14.2. The van der Waals surface area contributed by atoms with Gasteiger partial charge in [-0.2, -0.15) is 0 Å². The van der Waals surface area contributed by atoms with E-state index < -0.39 is 0 Å². The summed E-state index contributed by atoms with van der Waals surface area (Å²) >= 11 is 1.14. The summed E-state index contributed by atoms with van der Waals surface area (Å²) in [6, 6.07) is 7.07. The molecule has 1 aromatic rings. The molecule has 3 N–H and O–H groups in total. The molecule has 0 saturated carbocycles. The van der Waals surface area contributed by atoms with Crippen LogP contribution in [-0.4, -0.2) is 64.7 Å². The Hall–Kier alpha value is -1.65. The van der Waals surface area contributed by atoms with Gasteiger partial charge in [0.1, 0.15) is 0 Å². The number of nitrogens with two attached hydrogens (primary N) is 1. The van der Waals surface area contributed by atoms with Crippen molar-refractivity contribution >= 4 is 23.8 Å². The van der Waals surface area contributed by atoms with E-state index in [9.17, 15) is 9.59 Å². The molecule has 164 valence electrons. The fraction of sp³-hybridized carbons (Fsp3) is 0.600. The molecule has 1 rings (SSSR count). The zero-order chi connectivity index (χ0) is 21.2. The molecule has 0 radical (unpaired) electrons. The van der Waals surface area contributed by atoms with Crippen LogP contribution in [0.5, 0.6) is 0 Å². The van der Waals surface area contributed by atoms with E-state index in [4.69, 9.17) is 24.1 Å². The van der Waals surface area contributed by atoms with Gasteiger partial charge in [0, 0.05) is 17.0 Å². The third-order valence-corrected chi connectivity index (χ3v) is 4.28. The molecule has 8 nitrogen and oxygen atoms in total. The predicted molar refractivity (Wildman–Crippen MR) is 112 cm³/mol. The Morgan fingerprint density at radius 3 is 2.17 bits per heavy atom. The summed E-state index contributed by atoms with van der Waals surface area (Å²) in [6.07, 6.45) is 2.15. The van der Waals surface area contributed by atoms with Gasteiger partial charge in [-0.15, -0.1) is 0 Å². The fourth-order valence-corrected chi connectivity index (χ4v) is 2.42. The maximum atomic E-state index is 11.9. The molecule has 0 heterocycles. The minimum Gasteiger partial charge on any atom is -0.466 e. The molecule has 0 spiro atoms. The van der Waals surface area contributed by atoms with Crippen LogP contribution in [0.4, 0.5) is 0 Å². The van der Waals surface area contributed by atoms with Crippen LogP contribution in [0, 0.1) is 0 Å². The Balaban J connectivity index is 1.87. The second-order valence-corrected chi connectivity index (χ2v) is 6.77. The van der Waals surface area contributed by atoms with Gasteiger partial charge in [-0.3, -0.25) is 14.7 Å². The molecule has 29 heavy (non-hydrogen) atoms. The Morgan fingerprint density at radius 1 is 0.931 bits per heavy atom. The number of rotatable bonds is 17. The van der Waals surface area contributed by atoms with Crippen LogP contribution in [0.2, 0.25) is 0 Å². The van der Waals surface area contributed by atoms with Gasteiger partial charge in [-0.1, -0.05) is 13.3 Å². The molecule has 9 heteroatoms. The first kappa shape index (κ1) is 25.4. The second kappa shape index (κ2) is 17.2. The third kappa shape index (κ3) is 13.2. The van der Waals surface area contributed by atoms with Crippen LogP contribution in [0.3, 0.4) is 0 Å². The van der Waals surface area contributed by atoms with Crippen molar-refractivity contribution in [3.05, 3.63) is 29.8 Å². The van der Waals surface area contributed by atoms with Gasteiger partial charge in [0.05, 0.1) is 52.7 Å². The molecule has 1 amide bonds. The van der Waals surface area contributed by atoms with Crippen LogP contribution >= 0.6 is 11.9 Å². The summed E-state index contributed by atoms with van der Waals surface area (Å²) in [6.45, 7) is 5.40. The lowest BCUT2D eigenvalue weighted by atomic mass is 10.2. The number of carbonyl (C=O) groups is 2. The normalized spacial score (nSPS) is 10.7. The Kier molecular flexibility index (Phi) is 15.1. The van der Waals surface area contributed by atoms with E-state index in [0.717, 1.165) is 29.7 Å². The smallest absolute Gasteiger partial charge is 0.308 e. The summed E-state index contributed by atoms with van der Waals surface area (Å²) in [4.78, 5) is 24.2. The number of nitrogens with one attached hydrogen (secondary N) is 1.